The number of amides is 2. The molecule has 1 aromatic heterocycles. The van der Waals surface area contributed by atoms with E-state index >= 15 is 0 Å². The predicted octanol–water partition coefficient (Wildman–Crippen LogP) is 3.33. The first-order chi connectivity index (χ1) is 16.4. The summed E-state index contributed by atoms with van der Waals surface area (Å²) in [5.41, 5.74) is 4.51. The largest absolute Gasteiger partial charge is 0.476 e. The van der Waals surface area contributed by atoms with Gasteiger partial charge in [-0.1, -0.05) is 48.5 Å². The van der Waals surface area contributed by atoms with Crippen LogP contribution in [0.3, 0.4) is 0 Å². The SMILES string of the molecule is Cn1nc(C(=O)O)cc1NC(=O)CSCCNC(=O)OCC1c2ccccc2-c2ccccc21. The van der Waals surface area contributed by atoms with Crippen molar-refractivity contribution < 1.29 is 24.2 Å². The summed E-state index contributed by atoms with van der Waals surface area (Å²) in [6.07, 6.45) is -0.497. The summed E-state index contributed by atoms with van der Waals surface area (Å²) < 4.78 is 6.78. The Bertz CT molecular complexity index is 1180. The molecule has 2 amide bonds. The molecule has 0 aliphatic heterocycles. The zero-order valence-corrected chi connectivity index (χ0v) is 19.3. The van der Waals surface area contributed by atoms with E-state index in [0.717, 1.165) is 11.1 Å². The van der Waals surface area contributed by atoms with Crippen LogP contribution in [0.15, 0.2) is 54.6 Å². The van der Waals surface area contributed by atoms with Crippen LogP contribution in [0.2, 0.25) is 0 Å². The summed E-state index contributed by atoms with van der Waals surface area (Å²) in [5, 5.41) is 18.1. The van der Waals surface area contributed by atoms with Gasteiger partial charge in [-0.15, -0.1) is 0 Å². The van der Waals surface area contributed by atoms with Crippen LogP contribution >= 0.6 is 11.8 Å². The van der Waals surface area contributed by atoms with Gasteiger partial charge in [0.15, 0.2) is 5.69 Å². The number of hydrogen-bond donors (Lipinski definition) is 3. The number of thioether (sulfide) groups is 1. The van der Waals surface area contributed by atoms with Crippen molar-refractivity contribution in [3.8, 4) is 11.1 Å². The minimum Gasteiger partial charge on any atom is -0.476 e. The van der Waals surface area contributed by atoms with Gasteiger partial charge in [0.1, 0.15) is 12.4 Å². The highest BCUT2D eigenvalue weighted by molar-refractivity contribution is 7.99. The summed E-state index contributed by atoms with van der Waals surface area (Å²) in [5.74, 6) is -0.468. The number of carboxylic acids is 1. The molecule has 0 spiro atoms. The molecule has 0 fully saturated rings. The second-order valence-corrected chi connectivity index (χ2v) is 8.80. The van der Waals surface area contributed by atoms with Gasteiger partial charge in [-0.25, -0.2) is 9.59 Å². The van der Waals surface area contributed by atoms with E-state index in [1.807, 2.05) is 24.3 Å². The van der Waals surface area contributed by atoms with Gasteiger partial charge < -0.3 is 20.5 Å². The van der Waals surface area contributed by atoms with Crippen molar-refractivity contribution in [1.82, 2.24) is 15.1 Å². The number of anilines is 1. The molecule has 0 atom stereocenters. The summed E-state index contributed by atoms with van der Waals surface area (Å²) in [4.78, 5) is 35.2. The maximum Gasteiger partial charge on any atom is 0.407 e. The molecule has 9 nitrogen and oxygen atoms in total. The van der Waals surface area contributed by atoms with E-state index in [4.69, 9.17) is 9.84 Å². The number of aryl methyl sites for hydroxylation is 1. The second-order valence-electron chi connectivity index (χ2n) is 7.70. The van der Waals surface area contributed by atoms with Gasteiger partial charge >= 0.3 is 12.1 Å². The van der Waals surface area contributed by atoms with Gasteiger partial charge in [0, 0.05) is 31.3 Å². The van der Waals surface area contributed by atoms with Gasteiger partial charge in [-0.2, -0.15) is 16.9 Å². The number of nitrogens with zero attached hydrogens (tertiary/aromatic N) is 2. The molecule has 1 aliphatic carbocycles. The van der Waals surface area contributed by atoms with Crippen molar-refractivity contribution in [2.45, 2.75) is 5.92 Å². The fourth-order valence-corrected chi connectivity index (χ4v) is 4.56. The van der Waals surface area contributed by atoms with E-state index < -0.39 is 12.1 Å². The van der Waals surface area contributed by atoms with E-state index in [1.54, 1.807) is 7.05 Å². The molecule has 4 rings (SSSR count). The molecule has 34 heavy (non-hydrogen) atoms. The molecule has 0 radical (unpaired) electrons. The lowest BCUT2D eigenvalue weighted by molar-refractivity contribution is -0.113. The highest BCUT2D eigenvalue weighted by atomic mass is 32.2. The van der Waals surface area contributed by atoms with Crippen LogP contribution in [0, 0.1) is 0 Å². The fraction of sp³-hybridized carbons (Fsp3) is 0.250. The highest BCUT2D eigenvalue weighted by Crippen LogP contribution is 2.44. The first-order valence-electron chi connectivity index (χ1n) is 10.7. The van der Waals surface area contributed by atoms with Gasteiger partial charge in [-0.3, -0.25) is 9.48 Å². The van der Waals surface area contributed by atoms with Crippen LogP contribution in [-0.4, -0.2) is 57.5 Å². The number of ether oxygens (including phenoxy) is 1. The molecule has 2 aromatic carbocycles. The van der Waals surface area contributed by atoms with Gasteiger partial charge in [0.2, 0.25) is 5.91 Å². The average Bonchev–Trinajstić information content (AvgIpc) is 3.35. The van der Waals surface area contributed by atoms with Crippen molar-refractivity contribution >= 4 is 35.5 Å². The number of aromatic nitrogens is 2. The summed E-state index contributed by atoms with van der Waals surface area (Å²) in [6, 6.07) is 17.6. The number of alkyl carbamates (subject to hydrolysis) is 1. The maximum atomic E-state index is 12.2. The molecule has 0 unspecified atom stereocenters. The summed E-state index contributed by atoms with van der Waals surface area (Å²) in [6.45, 7) is 0.599. The minimum atomic E-state index is -1.16. The number of nitrogens with one attached hydrogen (secondary N) is 2. The van der Waals surface area contributed by atoms with Gasteiger partial charge in [0.25, 0.3) is 0 Å². The standard InChI is InChI=1S/C24H24N4O5S/c1-28-21(12-20(27-28)23(30)31)26-22(29)14-34-11-10-25-24(32)33-13-19-17-8-4-2-6-15(17)16-7-3-5-9-18(16)19/h2-9,12,19H,10-11,13-14H2,1H3,(H,25,32)(H,26,29)(H,30,31). The molecular formula is C24H24N4O5S. The van der Waals surface area contributed by atoms with Crippen LogP contribution in [0.5, 0.6) is 0 Å². The average molecular weight is 481 g/mol. The summed E-state index contributed by atoms with van der Waals surface area (Å²) >= 11 is 1.34. The molecule has 3 N–H and O–H groups in total. The number of rotatable bonds is 9. The lowest BCUT2D eigenvalue weighted by Gasteiger charge is -2.14. The minimum absolute atomic E-state index is 0.00451. The van der Waals surface area contributed by atoms with E-state index in [9.17, 15) is 14.4 Å². The first kappa shape index (κ1) is 23.4. The second kappa shape index (κ2) is 10.4. The maximum absolute atomic E-state index is 12.2. The summed E-state index contributed by atoms with van der Waals surface area (Å²) in [7, 11) is 1.55. The number of hydrogen-bond acceptors (Lipinski definition) is 6. The Morgan fingerprint density at radius 3 is 2.35 bits per heavy atom. The molecule has 176 valence electrons. The molecule has 0 bridgehead atoms. The molecule has 1 aliphatic rings. The third-order valence-electron chi connectivity index (χ3n) is 5.46. The highest BCUT2D eigenvalue weighted by Gasteiger charge is 2.28. The van der Waals surface area contributed by atoms with Gasteiger partial charge in [-0.05, 0) is 22.3 Å². The smallest absolute Gasteiger partial charge is 0.407 e. The van der Waals surface area contributed by atoms with Crippen LogP contribution in [0.25, 0.3) is 11.1 Å². The van der Waals surface area contributed by atoms with Crippen LogP contribution < -0.4 is 10.6 Å². The number of benzene rings is 2. The monoisotopic (exact) mass is 480 g/mol. The van der Waals surface area contributed by atoms with Crippen molar-refractivity contribution in [2.75, 3.05) is 30.0 Å². The number of carbonyl (C=O) groups excluding carboxylic acids is 2. The normalized spacial score (nSPS) is 12.0. The quantitative estimate of drug-likeness (QED) is 0.402. The number of aromatic carboxylic acids is 1. The van der Waals surface area contributed by atoms with Crippen LogP contribution in [-0.2, 0) is 16.6 Å². The third-order valence-corrected chi connectivity index (χ3v) is 6.42. The van der Waals surface area contributed by atoms with Crippen molar-refractivity contribution in [3.05, 3.63) is 71.4 Å². The van der Waals surface area contributed by atoms with Gasteiger partial charge in [0.05, 0.1) is 5.75 Å². The Labute approximate surface area is 200 Å². The van der Waals surface area contributed by atoms with Crippen molar-refractivity contribution in [1.29, 1.82) is 0 Å². The van der Waals surface area contributed by atoms with Crippen LogP contribution in [0.4, 0.5) is 10.6 Å². The van der Waals surface area contributed by atoms with Crippen molar-refractivity contribution in [2.24, 2.45) is 7.05 Å². The Morgan fingerprint density at radius 2 is 1.74 bits per heavy atom. The number of fused-ring (bicyclic) bond motifs is 3. The fourth-order valence-electron chi connectivity index (χ4n) is 3.91. The zero-order valence-electron chi connectivity index (χ0n) is 18.5. The topological polar surface area (TPSA) is 123 Å². The third kappa shape index (κ3) is 5.23. The molecule has 3 aromatic rings. The zero-order chi connectivity index (χ0) is 24.1. The lowest BCUT2D eigenvalue weighted by atomic mass is 9.98. The predicted molar refractivity (Wildman–Crippen MR) is 129 cm³/mol. The molecule has 10 heteroatoms. The van der Waals surface area contributed by atoms with E-state index in [0.29, 0.717) is 18.1 Å². The van der Waals surface area contributed by atoms with E-state index in [1.165, 1.54) is 33.6 Å². The van der Waals surface area contributed by atoms with Crippen LogP contribution in [0.1, 0.15) is 27.5 Å². The number of carbonyl (C=O) groups is 3. The number of carboxylic acid groups (broad SMARTS) is 1. The first-order valence-corrected chi connectivity index (χ1v) is 11.8. The molecule has 0 saturated heterocycles. The Morgan fingerprint density at radius 1 is 1.09 bits per heavy atom. The molecular weight excluding hydrogens is 456 g/mol. The Balaban J connectivity index is 1.17. The van der Waals surface area contributed by atoms with E-state index in [2.05, 4.69) is 40.0 Å². The Kier molecular flexibility index (Phi) is 7.17. The Hall–Kier alpha value is -3.79. The van der Waals surface area contributed by atoms with Crippen molar-refractivity contribution in [3.63, 3.8) is 0 Å². The lowest BCUT2D eigenvalue weighted by Crippen LogP contribution is -2.28. The molecule has 1 heterocycles. The van der Waals surface area contributed by atoms with E-state index in [-0.39, 0.29) is 29.9 Å². The molecule has 0 saturated carbocycles.